The summed E-state index contributed by atoms with van der Waals surface area (Å²) in [5.74, 6) is 0.489. The van der Waals surface area contributed by atoms with Crippen LogP contribution >= 0.6 is 0 Å². The lowest BCUT2D eigenvalue weighted by atomic mass is 10.1. The Hall–Kier alpha value is -3.07. The monoisotopic (exact) mass is 340 g/mol. The van der Waals surface area contributed by atoms with Crippen LogP contribution in [0.3, 0.4) is 0 Å². The average molecular weight is 340 g/mol. The van der Waals surface area contributed by atoms with Crippen molar-refractivity contribution in [3.63, 3.8) is 0 Å². The average Bonchev–Trinajstić information content (AvgIpc) is 2.88. The third-order valence-electron chi connectivity index (χ3n) is 3.45. The molecule has 0 saturated heterocycles. The minimum Gasteiger partial charge on any atom is -0.493 e. The number of ketones is 1. The number of amides is 1. The first kappa shape index (κ1) is 18.3. The fourth-order valence-electron chi connectivity index (χ4n) is 2.33. The highest BCUT2D eigenvalue weighted by molar-refractivity contribution is 6.06. The number of hydrogen-bond donors (Lipinski definition) is 1. The zero-order chi connectivity index (χ0) is 18.6. The second kappa shape index (κ2) is 7.67. The number of anilines is 1. The highest BCUT2D eigenvalue weighted by Crippen LogP contribution is 2.27. The van der Waals surface area contributed by atoms with Gasteiger partial charge in [-0.2, -0.15) is 5.26 Å². The molecular weight excluding hydrogens is 320 g/mol. The van der Waals surface area contributed by atoms with E-state index in [9.17, 15) is 14.9 Å². The molecule has 25 heavy (non-hydrogen) atoms. The Morgan fingerprint density at radius 2 is 2.08 bits per heavy atom. The summed E-state index contributed by atoms with van der Waals surface area (Å²) >= 11 is 0. The molecule has 0 fully saturated rings. The first-order valence-electron chi connectivity index (χ1n) is 7.92. The van der Waals surface area contributed by atoms with Crippen molar-refractivity contribution in [3.05, 3.63) is 46.7 Å². The van der Waals surface area contributed by atoms with Gasteiger partial charge < -0.3 is 9.15 Å². The number of rotatable bonds is 6. The molecule has 6 heteroatoms. The van der Waals surface area contributed by atoms with Crippen LogP contribution in [0, 0.1) is 24.2 Å². The van der Waals surface area contributed by atoms with Crippen molar-refractivity contribution >= 4 is 17.6 Å². The molecular formula is C19H20N2O4. The van der Waals surface area contributed by atoms with Gasteiger partial charge in [0.1, 0.15) is 23.1 Å². The Morgan fingerprint density at radius 3 is 2.68 bits per heavy atom. The molecule has 1 N–H and O–H groups in total. The smallest absolute Gasteiger partial charge is 0.258 e. The number of benzene rings is 1. The molecule has 0 unspecified atom stereocenters. The standard InChI is InChI=1S/C19H20N2O4/c1-11(2)10-24-15-7-5-6-14(8-15)18(23)21-19-16(9-20)17(12(3)22)13(4)25-19/h5-8,11H,10H2,1-4H3,(H,21,23). The normalized spacial score (nSPS) is 10.4. The van der Waals surface area contributed by atoms with Crippen molar-refractivity contribution in [2.75, 3.05) is 11.9 Å². The predicted octanol–water partition coefficient (Wildman–Crippen LogP) is 3.95. The summed E-state index contributed by atoms with van der Waals surface area (Å²) < 4.78 is 11.0. The number of carbonyl (C=O) groups excluding carboxylic acids is 2. The van der Waals surface area contributed by atoms with Gasteiger partial charge in [-0.15, -0.1) is 0 Å². The topological polar surface area (TPSA) is 92.3 Å². The van der Waals surface area contributed by atoms with Gasteiger partial charge in [-0.1, -0.05) is 19.9 Å². The maximum absolute atomic E-state index is 12.4. The molecule has 130 valence electrons. The van der Waals surface area contributed by atoms with E-state index < -0.39 is 5.91 Å². The maximum Gasteiger partial charge on any atom is 0.258 e. The van der Waals surface area contributed by atoms with Crippen LogP contribution < -0.4 is 10.1 Å². The minimum atomic E-state index is -0.449. The molecule has 0 aliphatic carbocycles. The van der Waals surface area contributed by atoms with Crippen molar-refractivity contribution in [2.24, 2.45) is 5.92 Å². The van der Waals surface area contributed by atoms with Crippen molar-refractivity contribution in [2.45, 2.75) is 27.7 Å². The molecule has 1 heterocycles. The summed E-state index contributed by atoms with van der Waals surface area (Å²) in [6, 6.07) is 8.64. The number of carbonyl (C=O) groups is 2. The maximum atomic E-state index is 12.4. The first-order chi connectivity index (χ1) is 11.8. The van der Waals surface area contributed by atoms with E-state index in [-0.39, 0.29) is 22.8 Å². The number of aryl methyl sites for hydroxylation is 1. The van der Waals surface area contributed by atoms with E-state index >= 15 is 0 Å². The second-order valence-electron chi connectivity index (χ2n) is 6.09. The number of ether oxygens (including phenoxy) is 1. The summed E-state index contributed by atoms with van der Waals surface area (Å²) in [6.07, 6.45) is 0. The number of furan rings is 1. The van der Waals surface area contributed by atoms with Crippen molar-refractivity contribution < 1.29 is 18.7 Å². The molecule has 2 rings (SSSR count). The SMILES string of the molecule is CC(=O)c1c(C)oc(NC(=O)c2cccc(OCC(C)C)c2)c1C#N. The van der Waals surface area contributed by atoms with Crippen LogP contribution in [0.1, 0.15) is 52.8 Å². The fraction of sp³-hybridized carbons (Fsp3) is 0.316. The molecule has 1 amide bonds. The minimum absolute atomic E-state index is 0.0244. The number of nitrogens with zero attached hydrogens (tertiary/aromatic N) is 1. The van der Waals surface area contributed by atoms with Gasteiger partial charge in [0.2, 0.25) is 5.88 Å². The van der Waals surface area contributed by atoms with Crippen LogP contribution in [-0.2, 0) is 0 Å². The Kier molecular flexibility index (Phi) is 5.60. The number of nitriles is 1. The van der Waals surface area contributed by atoms with E-state index in [4.69, 9.17) is 9.15 Å². The lowest BCUT2D eigenvalue weighted by Gasteiger charge is -2.09. The van der Waals surface area contributed by atoms with Crippen LogP contribution in [-0.4, -0.2) is 18.3 Å². The van der Waals surface area contributed by atoms with Crippen molar-refractivity contribution in [1.29, 1.82) is 5.26 Å². The molecule has 0 atom stereocenters. The van der Waals surface area contributed by atoms with Crippen LogP contribution in [0.5, 0.6) is 5.75 Å². The highest BCUT2D eigenvalue weighted by Gasteiger charge is 2.22. The Bertz CT molecular complexity index is 844. The molecule has 0 aliphatic heterocycles. The van der Waals surface area contributed by atoms with Gasteiger partial charge in [-0.25, -0.2) is 0 Å². The molecule has 2 aromatic rings. The summed E-state index contributed by atoms with van der Waals surface area (Å²) in [5.41, 5.74) is 0.584. The lowest BCUT2D eigenvalue weighted by Crippen LogP contribution is -2.13. The molecule has 0 spiro atoms. The van der Waals surface area contributed by atoms with Gasteiger partial charge in [0.15, 0.2) is 5.78 Å². The molecule has 0 bridgehead atoms. The quantitative estimate of drug-likeness (QED) is 0.804. The summed E-state index contributed by atoms with van der Waals surface area (Å²) in [7, 11) is 0. The van der Waals surface area contributed by atoms with E-state index in [2.05, 4.69) is 5.32 Å². The summed E-state index contributed by atoms with van der Waals surface area (Å²) in [4.78, 5) is 24.1. The summed E-state index contributed by atoms with van der Waals surface area (Å²) in [5, 5.41) is 11.8. The predicted molar refractivity (Wildman–Crippen MR) is 92.9 cm³/mol. The van der Waals surface area contributed by atoms with E-state index in [1.165, 1.54) is 6.92 Å². The van der Waals surface area contributed by atoms with Gasteiger partial charge in [-0.3, -0.25) is 14.9 Å². The highest BCUT2D eigenvalue weighted by atomic mass is 16.5. The van der Waals surface area contributed by atoms with E-state index in [0.717, 1.165) is 0 Å². The van der Waals surface area contributed by atoms with Gasteiger partial charge in [0.25, 0.3) is 5.91 Å². The lowest BCUT2D eigenvalue weighted by molar-refractivity contribution is 0.101. The Balaban J connectivity index is 2.23. The zero-order valence-electron chi connectivity index (χ0n) is 14.7. The molecule has 6 nitrogen and oxygen atoms in total. The second-order valence-corrected chi connectivity index (χ2v) is 6.09. The van der Waals surface area contributed by atoms with Crippen LogP contribution in [0.4, 0.5) is 5.88 Å². The first-order valence-corrected chi connectivity index (χ1v) is 7.92. The van der Waals surface area contributed by atoms with E-state index in [1.54, 1.807) is 31.2 Å². The molecule has 1 aromatic carbocycles. The number of Topliss-reactive ketones (excluding diaryl/α,β-unsaturated/α-hetero) is 1. The van der Waals surface area contributed by atoms with Crippen LogP contribution in [0.15, 0.2) is 28.7 Å². The third-order valence-corrected chi connectivity index (χ3v) is 3.45. The molecule has 0 saturated carbocycles. The molecule has 1 aromatic heterocycles. The number of nitrogens with one attached hydrogen (secondary N) is 1. The van der Waals surface area contributed by atoms with Gasteiger partial charge in [0, 0.05) is 5.56 Å². The van der Waals surface area contributed by atoms with Crippen molar-refractivity contribution in [3.8, 4) is 11.8 Å². The number of hydrogen-bond acceptors (Lipinski definition) is 5. The van der Waals surface area contributed by atoms with Crippen LogP contribution in [0.2, 0.25) is 0 Å². The Morgan fingerprint density at radius 1 is 1.36 bits per heavy atom. The molecule has 0 radical (unpaired) electrons. The van der Waals surface area contributed by atoms with Crippen molar-refractivity contribution in [1.82, 2.24) is 0 Å². The van der Waals surface area contributed by atoms with E-state index in [0.29, 0.717) is 29.6 Å². The van der Waals surface area contributed by atoms with Gasteiger partial charge >= 0.3 is 0 Å². The van der Waals surface area contributed by atoms with Gasteiger partial charge in [-0.05, 0) is 38.0 Å². The third kappa shape index (κ3) is 4.27. The summed E-state index contributed by atoms with van der Waals surface area (Å²) in [6.45, 7) is 7.54. The largest absolute Gasteiger partial charge is 0.493 e. The van der Waals surface area contributed by atoms with E-state index in [1.807, 2.05) is 19.9 Å². The van der Waals surface area contributed by atoms with Crippen LogP contribution in [0.25, 0.3) is 0 Å². The van der Waals surface area contributed by atoms with Gasteiger partial charge in [0.05, 0.1) is 12.2 Å². The Labute approximate surface area is 146 Å². The molecule has 0 aliphatic rings. The fourth-order valence-corrected chi connectivity index (χ4v) is 2.33. The zero-order valence-corrected chi connectivity index (χ0v) is 14.7.